The summed E-state index contributed by atoms with van der Waals surface area (Å²) in [6.45, 7) is 13.2. The molecule has 1 amide bonds. The van der Waals surface area contributed by atoms with Crippen LogP contribution in [0.5, 0.6) is 0 Å². The van der Waals surface area contributed by atoms with E-state index in [0.717, 1.165) is 13.1 Å². The molecule has 2 heterocycles. The zero-order valence-electron chi connectivity index (χ0n) is 15.2. The fourth-order valence-corrected chi connectivity index (χ4v) is 3.13. The van der Waals surface area contributed by atoms with E-state index in [-0.39, 0.29) is 12.2 Å². The summed E-state index contributed by atoms with van der Waals surface area (Å²) in [4.78, 5) is 16.0. The number of hydrogen-bond acceptors (Lipinski definition) is 5. The van der Waals surface area contributed by atoms with Gasteiger partial charge in [-0.2, -0.15) is 0 Å². The average molecular weight is 328 g/mol. The van der Waals surface area contributed by atoms with Gasteiger partial charge >= 0.3 is 6.09 Å². The highest BCUT2D eigenvalue weighted by atomic mass is 16.6. The smallest absolute Gasteiger partial charge is 0.410 e. The molecule has 0 aromatic carbocycles. The standard InChI is InChI=1S/C17H32N2O4/c1-13(2)22-14-10-18(11-14)12-17(21)6-8-19(9-7-17)15(20)23-16(3,4)5/h13-14,21H,6-12H2,1-5H3. The summed E-state index contributed by atoms with van der Waals surface area (Å²) in [6.07, 6.45) is 1.45. The number of nitrogens with zero attached hydrogens (tertiary/aromatic N) is 2. The maximum atomic E-state index is 12.1. The van der Waals surface area contributed by atoms with E-state index in [1.165, 1.54) is 0 Å². The summed E-state index contributed by atoms with van der Waals surface area (Å²) in [5, 5.41) is 10.7. The monoisotopic (exact) mass is 328 g/mol. The minimum Gasteiger partial charge on any atom is -0.444 e. The molecule has 2 aliphatic heterocycles. The van der Waals surface area contributed by atoms with Gasteiger partial charge in [-0.1, -0.05) is 0 Å². The maximum Gasteiger partial charge on any atom is 0.410 e. The molecule has 0 aromatic heterocycles. The second kappa shape index (κ2) is 6.95. The highest BCUT2D eigenvalue weighted by molar-refractivity contribution is 5.68. The van der Waals surface area contributed by atoms with E-state index < -0.39 is 11.2 Å². The van der Waals surface area contributed by atoms with Crippen LogP contribution in [-0.4, -0.2) is 77.1 Å². The van der Waals surface area contributed by atoms with E-state index >= 15 is 0 Å². The van der Waals surface area contributed by atoms with E-state index in [1.807, 2.05) is 34.6 Å². The predicted octanol–water partition coefficient (Wildman–Crippen LogP) is 1.86. The van der Waals surface area contributed by atoms with Gasteiger partial charge in [-0.15, -0.1) is 0 Å². The molecular weight excluding hydrogens is 296 g/mol. The Kier molecular flexibility index (Phi) is 5.59. The molecule has 23 heavy (non-hydrogen) atoms. The van der Waals surface area contributed by atoms with Crippen molar-refractivity contribution in [1.29, 1.82) is 0 Å². The molecule has 6 heteroatoms. The summed E-state index contributed by atoms with van der Waals surface area (Å²) in [5.41, 5.74) is -1.19. The number of piperidine rings is 1. The Hall–Kier alpha value is -0.850. The van der Waals surface area contributed by atoms with E-state index in [0.29, 0.717) is 38.6 Å². The van der Waals surface area contributed by atoms with Crippen LogP contribution >= 0.6 is 0 Å². The van der Waals surface area contributed by atoms with E-state index in [9.17, 15) is 9.90 Å². The molecule has 0 aliphatic carbocycles. The van der Waals surface area contributed by atoms with Crippen molar-refractivity contribution in [3.63, 3.8) is 0 Å². The quantitative estimate of drug-likeness (QED) is 0.853. The number of carbonyl (C=O) groups excluding carboxylic acids is 1. The summed E-state index contributed by atoms with van der Waals surface area (Å²) in [5.74, 6) is 0. The topological polar surface area (TPSA) is 62.2 Å². The van der Waals surface area contributed by atoms with E-state index in [4.69, 9.17) is 9.47 Å². The maximum absolute atomic E-state index is 12.1. The zero-order valence-corrected chi connectivity index (χ0v) is 15.2. The number of amides is 1. The Morgan fingerprint density at radius 3 is 2.30 bits per heavy atom. The van der Waals surface area contributed by atoms with Crippen LogP contribution in [0.4, 0.5) is 4.79 Å². The molecule has 0 aromatic rings. The lowest BCUT2D eigenvalue weighted by Gasteiger charge is -2.46. The Morgan fingerprint density at radius 1 is 1.26 bits per heavy atom. The third kappa shape index (κ3) is 5.62. The first-order valence-electron chi connectivity index (χ1n) is 8.64. The van der Waals surface area contributed by atoms with E-state index in [2.05, 4.69) is 4.90 Å². The van der Waals surface area contributed by atoms with Crippen molar-refractivity contribution in [3.8, 4) is 0 Å². The molecule has 134 valence electrons. The highest BCUT2D eigenvalue weighted by Gasteiger charge is 2.39. The number of hydrogen-bond donors (Lipinski definition) is 1. The van der Waals surface area contributed by atoms with Gasteiger partial charge in [-0.3, -0.25) is 4.90 Å². The van der Waals surface area contributed by atoms with Crippen LogP contribution in [0.1, 0.15) is 47.5 Å². The fourth-order valence-electron chi connectivity index (χ4n) is 3.13. The Morgan fingerprint density at radius 2 is 1.83 bits per heavy atom. The number of ether oxygens (including phenoxy) is 2. The minimum absolute atomic E-state index is 0.252. The van der Waals surface area contributed by atoms with Gasteiger partial charge < -0.3 is 19.5 Å². The van der Waals surface area contributed by atoms with Gasteiger partial charge in [0, 0.05) is 32.7 Å². The first kappa shape index (κ1) is 18.5. The first-order valence-corrected chi connectivity index (χ1v) is 8.64. The van der Waals surface area contributed by atoms with Crippen LogP contribution in [0, 0.1) is 0 Å². The summed E-state index contributed by atoms with van der Waals surface area (Å²) >= 11 is 0. The van der Waals surface area contributed by atoms with Gasteiger partial charge in [-0.25, -0.2) is 4.79 Å². The summed E-state index contributed by atoms with van der Waals surface area (Å²) in [6, 6.07) is 0. The highest BCUT2D eigenvalue weighted by Crippen LogP contribution is 2.27. The Balaban J connectivity index is 1.72. The molecule has 1 N–H and O–H groups in total. The van der Waals surface area contributed by atoms with Crippen molar-refractivity contribution in [3.05, 3.63) is 0 Å². The van der Waals surface area contributed by atoms with Gasteiger partial charge in [0.05, 0.1) is 17.8 Å². The SMILES string of the molecule is CC(C)OC1CN(CC2(O)CCN(C(=O)OC(C)(C)C)CC2)C1. The summed E-state index contributed by atoms with van der Waals surface area (Å²) in [7, 11) is 0. The molecule has 0 unspecified atom stereocenters. The molecule has 2 rings (SSSR count). The Bertz CT molecular complexity index is 405. The third-order valence-electron chi connectivity index (χ3n) is 4.25. The van der Waals surface area contributed by atoms with Crippen molar-refractivity contribution in [1.82, 2.24) is 9.80 Å². The lowest BCUT2D eigenvalue weighted by Crippen LogP contribution is -2.60. The zero-order chi connectivity index (χ0) is 17.3. The minimum atomic E-state index is -0.707. The number of rotatable bonds is 4. The average Bonchev–Trinajstić information content (AvgIpc) is 2.34. The molecule has 2 saturated heterocycles. The molecule has 0 saturated carbocycles. The van der Waals surface area contributed by atoms with Gasteiger partial charge in [0.2, 0.25) is 0 Å². The molecule has 6 nitrogen and oxygen atoms in total. The van der Waals surface area contributed by atoms with Gasteiger partial charge in [0.1, 0.15) is 5.60 Å². The molecule has 0 spiro atoms. The number of likely N-dealkylation sites (tertiary alicyclic amines) is 2. The van der Waals surface area contributed by atoms with E-state index in [1.54, 1.807) is 4.90 Å². The van der Waals surface area contributed by atoms with Crippen LogP contribution in [0.2, 0.25) is 0 Å². The van der Waals surface area contributed by atoms with Crippen molar-refractivity contribution in [2.75, 3.05) is 32.7 Å². The predicted molar refractivity (Wildman–Crippen MR) is 88.4 cm³/mol. The van der Waals surface area contributed by atoms with Crippen molar-refractivity contribution in [2.45, 2.75) is 70.9 Å². The number of carbonyl (C=O) groups is 1. The van der Waals surface area contributed by atoms with Gasteiger partial charge in [0.25, 0.3) is 0 Å². The third-order valence-corrected chi connectivity index (χ3v) is 4.25. The van der Waals surface area contributed by atoms with Crippen molar-refractivity contribution < 1.29 is 19.4 Å². The summed E-state index contributed by atoms with van der Waals surface area (Å²) < 4.78 is 11.1. The normalized spacial score (nSPS) is 23.0. The van der Waals surface area contributed by atoms with Crippen molar-refractivity contribution >= 4 is 6.09 Å². The second-order valence-corrected chi connectivity index (χ2v) is 8.19. The Labute approximate surface area is 139 Å². The molecular formula is C17H32N2O4. The number of aliphatic hydroxyl groups is 1. The van der Waals surface area contributed by atoms with Crippen LogP contribution in [0.15, 0.2) is 0 Å². The first-order chi connectivity index (χ1) is 10.6. The van der Waals surface area contributed by atoms with Crippen LogP contribution in [0.25, 0.3) is 0 Å². The van der Waals surface area contributed by atoms with Crippen LogP contribution in [-0.2, 0) is 9.47 Å². The fraction of sp³-hybridized carbons (Fsp3) is 0.941. The molecule has 0 atom stereocenters. The number of β-amino-alcohol motifs (C(OH)–C–C–N with tert-alkyl or cyclic N) is 1. The lowest BCUT2D eigenvalue weighted by atomic mass is 9.90. The molecule has 2 aliphatic rings. The van der Waals surface area contributed by atoms with Crippen molar-refractivity contribution in [2.24, 2.45) is 0 Å². The van der Waals surface area contributed by atoms with Gasteiger partial charge in [-0.05, 0) is 47.5 Å². The molecule has 0 bridgehead atoms. The molecule has 2 fully saturated rings. The largest absolute Gasteiger partial charge is 0.444 e. The molecule has 0 radical (unpaired) electrons. The second-order valence-electron chi connectivity index (χ2n) is 8.19. The van der Waals surface area contributed by atoms with Gasteiger partial charge in [0.15, 0.2) is 0 Å². The van der Waals surface area contributed by atoms with Crippen LogP contribution < -0.4 is 0 Å². The van der Waals surface area contributed by atoms with Crippen LogP contribution in [0.3, 0.4) is 0 Å². The lowest BCUT2D eigenvalue weighted by molar-refractivity contribution is -0.116.